The monoisotopic (exact) mass is 270 g/mol. The topological polar surface area (TPSA) is 41.6 Å². The Labute approximate surface area is 117 Å². The zero-order valence-electron chi connectivity index (χ0n) is 12.8. The number of methoxy groups -OCH3 is 1. The Morgan fingerprint density at radius 2 is 2.05 bits per heavy atom. The van der Waals surface area contributed by atoms with Crippen molar-refractivity contribution in [3.05, 3.63) is 0 Å². The first-order chi connectivity index (χ1) is 9.21. The van der Waals surface area contributed by atoms with Crippen LogP contribution in [-0.4, -0.2) is 49.7 Å². The zero-order chi connectivity index (χ0) is 14.1. The molecule has 1 heterocycles. The molecule has 1 saturated heterocycles. The second-order valence-corrected chi connectivity index (χ2v) is 5.50. The van der Waals surface area contributed by atoms with Crippen molar-refractivity contribution in [1.82, 2.24) is 10.2 Å². The van der Waals surface area contributed by atoms with E-state index in [1.54, 1.807) is 7.11 Å². The lowest BCUT2D eigenvalue weighted by Gasteiger charge is -2.34. The van der Waals surface area contributed by atoms with Gasteiger partial charge in [-0.3, -0.25) is 4.79 Å². The van der Waals surface area contributed by atoms with Gasteiger partial charge in [0.05, 0.1) is 0 Å². The molecule has 1 atom stereocenters. The Hall–Kier alpha value is -0.610. The first kappa shape index (κ1) is 16.4. The van der Waals surface area contributed by atoms with E-state index in [0.29, 0.717) is 12.1 Å². The van der Waals surface area contributed by atoms with Crippen molar-refractivity contribution in [2.24, 2.45) is 0 Å². The predicted molar refractivity (Wildman–Crippen MR) is 78.2 cm³/mol. The smallest absolute Gasteiger partial charge is 0.248 e. The van der Waals surface area contributed by atoms with Crippen molar-refractivity contribution in [3.63, 3.8) is 0 Å². The summed E-state index contributed by atoms with van der Waals surface area (Å²) in [5.74, 6) is 0.124. The molecule has 0 bridgehead atoms. The lowest BCUT2D eigenvalue weighted by atomic mass is 10.0. The van der Waals surface area contributed by atoms with Gasteiger partial charge in [-0.1, -0.05) is 26.7 Å². The van der Waals surface area contributed by atoms with Gasteiger partial charge < -0.3 is 15.0 Å². The molecule has 0 radical (unpaired) electrons. The number of unbranched alkanes of at least 4 members (excludes halogenated alkanes) is 1. The lowest BCUT2D eigenvalue weighted by Crippen LogP contribution is -2.48. The molecule has 4 heteroatoms. The van der Waals surface area contributed by atoms with E-state index in [-0.39, 0.29) is 12.5 Å². The van der Waals surface area contributed by atoms with Crippen molar-refractivity contribution >= 4 is 5.91 Å². The fourth-order valence-electron chi connectivity index (χ4n) is 2.70. The maximum Gasteiger partial charge on any atom is 0.248 e. The van der Waals surface area contributed by atoms with Crippen LogP contribution in [0.15, 0.2) is 0 Å². The quantitative estimate of drug-likeness (QED) is 0.735. The second kappa shape index (κ2) is 9.32. The summed E-state index contributed by atoms with van der Waals surface area (Å²) in [5, 5.41) is 3.76. The molecule has 19 heavy (non-hydrogen) atoms. The van der Waals surface area contributed by atoms with E-state index in [2.05, 4.69) is 19.2 Å². The van der Waals surface area contributed by atoms with Gasteiger partial charge in [-0.15, -0.1) is 0 Å². The van der Waals surface area contributed by atoms with E-state index in [1.165, 1.54) is 25.7 Å². The van der Waals surface area contributed by atoms with Gasteiger partial charge in [0.25, 0.3) is 0 Å². The molecule has 0 aromatic rings. The van der Waals surface area contributed by atoms with Gasteiger partial charge in [0.2, 0.25) is 5.91 Å². The van der Waals surface area contributed by atoms with Gasteiger partial charge in [-0.2, -0.15) is 0 Å². The highest BCUT2D eigenvalue weighted by Gasteiger charge is 2.23. The molecule has 1 N–H and O–H groups in total. The molecular formula is C15H30N2O2. The number of hydrogen-bond donors (Lipinski definition) is 1. The standard InChI is InChI=1S/C15H30N2O2/c1-4-6-7-13(5-2)16-14-8-10-17(11-9-14)15(18)12-19-3/h13-14,16H,4-12H2,1-3H3. The zero-order valence-corrected chi connectivity index (χ0v) is 12.8. The van der Waals surface area contributed by atoms with Crippen molar-refractivity contribution in [3.8, 4) is 0 Å². The number of ether oxygens (including phenoxy) is 1. The Morgan fingerprint density at radius 1 is 1.37 bits per heavy atom. The van der Waals surface area contributed by atoms with Crippen LogP contribution in [-0.2, 0) is 9.53 Å². The number of piperidine rings is 1. The number of rotatable bonds is 8. The van der Waals surface area contributed by atoms with E-state index >= 15 is 0 Å². The molecule has 0 saturated carbocycles. The maximum absolute atomic E-state index is 11.7. The molecule has 0 spiro atoms. The van der Waals surface area contributed by atoms with Gasteiger partial charge in [0, 0.05) is 32.3 Å². The summed E-state index contributed by atoms with van der Waals surface area (Å²) in [7, 11) is 1.58. The summed E-state index contributed by atoms with van der Waals surface area (Å²) >= 11 is 0. The summed E-state index contributed by atoms with van der Waals surface area (Å²) in [5.41, 5.74) is 0. The van der Waals surface area contributed by atoms with Crippen LogP contribution >= 0.6 is 0 Å². The molecule has 0 aromatic carbocycles. The first-order valence-electron chi connectivity index (χ1n) is 7.74. The molecule has 1 rings (SSSR count). The van der Waals surface area contributed by atoms with Crippen molar-refractivity contribution in [2.75, 3.05) is 26.8 Å². The summed E-state index contributed by atoms with van der Waals surface area (Å²) in [6, 6.07) is 1.22. The normalized spacial score (nSPS) is 18.6. The molecule has 1 fully saturated rings. The van der Waals surface area contributed by atoms with Gasteiger partial charge >= 0.3 is 0 Å². The Bertz CT molecular complexity index is 251. The fourth-order valence-corrected chi connectivity index (χ4v) is 2.70. The third-order valence-electron chi connectivity index (χ3n) is 3.99. The van der Waals surface area contributed by atoms with Crippen molar-refractivity contribution in [2.45, 2.75) is 64.5 Å². The molecule has 0 aromatic heterocycles. The number of carbonyl (C=O) groups excluding carboxylic acids is 1. The summed E-state index contributed by atoms with van der Waals surface area (Å²) < 4.78 is 4.90. The maximum atomic E-state index is 11.7. The van der Waals surface area contributed by atoms with Crippen molar-refractivity contribution in [1.29, 1.82) is 0 Å². The van der Waals surface area contributed by atoms with Crippen LogP contribution in [0.5, 0.6) is 0 Å². The van der Waals surface area contributed by atoms with Gasteiger partial charge in [-0.05, 0) is 25.7 Å². The summed E-state index contributed by atoms with van der Waals surface area (Å²) in [6.07, 6.45) is 7.17. The molecule has 1 aliphatic heterocycles. The minimum absolute atomic E-state index is 0.124. The van der Waals surface area contributed by atoms with Crippen LogP contribution in [0, 0.1) is 0 Å². The van der Waals surface area contributed by atoms with Crippen LogP contribution in [0.2, 0.25) is 0 Å². The minimum Gasteiger partial charge on any atom is -0.375 e. The summed E-state index contributed by atoms with van der Waals surface area (Å²) in [4.78, 5) is 13.6. The third-order valence-corrected chi connectivity index (χ3v) is 3.99. The van der Waals surface area contributed by atoms with Crippen LogP contribution in [0.25, 0.3) is 0 Å². The molecule has 4 nitrogen and oxygen atoms in total. The predicted octanol–water partition coefficient (Wildman–Crippen LogP) is 2.18. The fraction of sp³-hybridized carbons (Fsp3) is 0.933. The molecule has 112 valence electrons. The molecule has 1 aliphatic rings. The van der Waals surface area contributed by atoms with Crippen LogP contribution in [0.4, 0.5) is 0 Å². The number of likely N-dealkylation sites (tertiary alicyclic amines) is 1. The van der Waals surface area contributed by atoms with Crippen LogP contribution < -0.4 is 5.32 Å². The summed E-state index contributed by atoms with van der Waals surface area (Å²) in [6.45, 7) is 6.44. The van der Waals surface area contributed by atoms with E-state index in [4.69, 9.17) is 4.74 Å². The third kappa shape index (κ3) is 5.91. The highest BCUT2D eigenvalue weighted by Crippen LogP contribution is 2.14. The number of nitrogens with zero attached hydrogens (tertiary/aromatic N) is 1. The van der Waals surface area contributed by atoms with E-state index in [1.807, 2.05) is 4.90 Å². The average Bonchev–Trinajstić information content (AvgIpc) is 2.44. The lowest BCUT2D eigenvalue weighted by molar-refractivity contribution is -0.136. The molecular weight excluding hydrogens is 240 g/mol. The second-order valence-electron chi connectivity index (χ2n) is 5.50. The van der Waals surface area contributed by atoms with Gasteiger partial charge in [0.15, 0.2) is 0 Å². The largest absolute Gasteiger partial charge is 0.375 e. The van der Waals surface area contributed by atoms with Crippen LogP contribution in [0.1, 0.15) is 52.4 Å². The Morgan fingerprint density at radius 3 is 2.58 bits per heavy atom. The SMILES string of the molecule is CCCCC(CC)NC1CCN(C(=O)COC)CC1. The van der Waals surface area contributed by atoms with Gasteiger partial charge in [0.1, 0.15) is 6.61 Å². The highest BCUT2D eigenvalue weighted by molar-refractivity contribution is 5.77. The minimum atomic E-state index is 0.124. The van der Waals surface area contributed by atoms with Crippen LogP contribution in [0.3, 0.4) is 0 Å². The molecule has 0 aliphatic carbocycles. The number of nitrogens with one attached hydrogen (secondary N) is 1. The Balaban J connectivity index is 2.26. The Kier molecular flexibility index (Phi) is 8.07. The highest BCUT2D eigenvalue weighted by atomic mass is 16.5. The van der Waals surface area contributed by atoms with E-state index in [0.717, 1.165) is 25.9 Å². The number of carbonyl (C=O) groups is 1. The van der Waals surface area contributed by atoms with Crippen molar-refractivity contribution < 1.29 is 9.53 Å². The molecule has 1 amide bonds. The number of amides is 1. The molecule has 1 unspecified atom stereocenters. The van der Waals surface area contributed by atoms with Gasteiger partial charge in [-0.25, -0.2) is 0 Å². The first-order valence-corrected chi connectivity index (χ1v) is 7.74. The average molecular weight is 270 g/mol. The van der Waals surface area contributed by atoms with E-state index < -0.39 is 0 Å². The number of hydrogen-bond acceptors (Lipinski definition) is 3. The van der Waals surface area contributed by atoms with E-state index in [9.17, 15) is 4.79 Å².